The zero-order chi connectivity index (χ0) is 13.7. The molecule has 0 saturated heterocycles. The number of ether oxygens (including phenoxy) is 1. The van der Waals surface area contributed by atoms with Gasteiger partial charge in [0, 0.05) is 19.0 Å². The maximum Gasteiger partial charge on any atom is 0.160 e. The van der Waals surface area contributed by atoms with Gasteiger partial charge in [-0.1, -0.05) is 13.3 Å². The lowest BCUT2D eigenvalue weighted by molar-refractivity contribution is -0.0881. The lowest BCUT2D eigenvalue weighted by Crippen LogP contribution is -2.37. The largest absolute Gasteiger partial charge is 0.367 e. The summed E-state index contributed by atoms with van der Waals surface area (Å²) in [6.45, 7) is 5.68. The molecule has 4 heteroatoms. The van der Waals surface area contributed by atoms with Crippen molar-refractivity contribution in [2.75, 3.05) is 13.2 Å². The quantitative estimate of drug-likeness (QED) is 0.886. The van der Waals surface area contributed by atoms with Gasteiger partial charge in [0.15, 0.2) is 5.82 Å². The molecule has 0 radical (unpaired) electrons. The third kappa shape index (κ3) is 3.31. The molecule has 0 spiro atoms. The van der Waals surface area contributed by atoms with Gasteiger partial charge in [-0.25, -0.2) is 9.97 Å². The minimum absolute atomic E-state index is 0.270. The molecule has 1 aromatic rings. The predicted molar refractivity (Wildman–Crippen MR) is 75.7 cm³/mol. The van der Waals surface area contributed by atoms with Crippen LogP contribution >= 0.6 is 0 Å². The van der Waals surface area contributed by atoms with Crippen LogP contribution in [0.5, 0.6) is 0 Å². The highest BCUT2D eigenvalue weighted by Gasteiger charge is 2.39. The van der Waals surface area contributed by atoms with E-state index in [1.807, 2.05) is 19.3 Å². The van der Waals surface area contributed by atoms with Crippen molar-refractivity contribution in [1.82, 2.24) is 9.97 Å². The molecule has 2 unspecified atom stereocenters. The van der Waals surface area contributed by atoms with Gasteiger partial charge in [0.2, 0.25) is 0 Å². The van der Waals surface area contributed by atoms with Crippen LogP contribution < -0.4 is 5.73 Å². The van der Waals surface area contributed by atoms with Gasteiger partial charge in [-0.2, -0.15) is 0 Å². The van der Waals surface area contributed by atoms with Crippen LogP contribution in [0.25, 0.3) is 0 Å². The second-order valence-corrected chi connectivity index (χ2v) is 5.58. The molecule has 2 N–H and O–H groups in total. The molecule has 1 fully saturated rings. The first-order valence-corrected chi connectivity index (χ1v) is 7.35. The Morgan fingerprint density at radius 2 is 2.16 bits per heavy atom. The van der Waals surface area contributed by atoms with Crippen molar-refractivity contribution in [3.8, 4) is 0 Å². The van der Waals surface area contributed by atoms with Gasteiger partial charge < -0.3 is 10.5 Å². The number of nitrogens with zero attached hydrogens (tertiary/aromatic N) is 2. The molecule has 2 rings (SSSR count). The van der Waals surface area contributed by atoms with Gasteiger partial charge in [0.25, 0.3) is 0 Å². The standard InChI is InChI=1S/C15H25N3O/c1-3-19-15(7-4-5-12(2)9-15)14-17-10-13(6-8-16)11-18-14/h10-12H,3-9,16H2,1-2H3. The van der Waals surface area contributed by atoms with Crippen LogP contribution in [0.2, 0.25) is 0 Å². The maximum atomic E-state index is 6.08. The summed E-state index contributed by atoms with van der Waals surface area (Å²) in [4.78, 5) is 9.11. The molecule has 2 atom stereocenters. The van der Waals surface area contributed by atoms with Gasteiger partial charge >= 0.3 is 0 Å². The summed E-state index contributed by atoms with van der Waals surface area (Å²) in [7, 11) is 0. The van der Waals surface area contributed by atoms with Crippen molar-refractivity contribution in [1.29, 1.82) is 0 Å². The summed E-state index contributed by atoms with van der Waals surface area (Å²) < 4.78 is 6.08. The van der Waals surface area contributed by atoms with Crippen molar-refractivity contribution < 1.29 is 4.74 Å². The van der Waals surface area contributed by atoms with Crippen LogP contribution in [-0.2, 0) is 16.8 Å². The minimum atomic E-state index is -0.270. The highest BCUT2D eigenvalue weighted by molar-refractivity contribution is 5.11. The SMILES string of the molecule is CCOC1(c2ncc(CCN)cn2)CCCC(C)C1. The van der Waals surface area contributed by atoms with Crippen molar-refractivity contribution in [2.45, 2.75) is 51.6 Å². The fourth-order valence-corrected chi connectivity index (χ4v) is 3.06. The Bertz CT molecular complexity index is 389. The van der Waals surface area contributed by atoms with Crippen molar-refractivity contribution >= 4 is 0 Å². The highest BCUT2D eigenvalue weighted by Crippen LogP contribution is 2.41. The molecule has 0 amide bonds. The Kier molecular flexibility index (Phi) is 4.88. The van der Waals surface area contributed by atoms with E-state index >= 15 is 0 Å². The number of hydrogen-bond donors (Lipinski definition) is 1. The third-order valence-corrected chi connectivity index (χ3v) is 3.92. The predicted octanol–water partition coefficient (Wildman–Crippen LogP) is 2.42. The molecule has 1 aliphatic rings. The summed E-state index contributed by atoms with van der Waals surface area (Å²) in [5, 5.41) is 0. The molecule has 4 nitrogen and oxygen atoms in total. The van der Waals surface area contributed by atoms with Crippen LogP contribution in [0.3, 0.4) is 0 Å². The van der Waals surface area contributed by atoms with E-state index in [1.54, 1.807) is 0 Å². The Balaban J connectivity index is 2.22. The van der Waals surface area contributed by atoms with Crippen molar-refractivity contribution in [3.63, 3.8) is 0 Å². The summed E-state index contributed by atoms with van der Waals surface area (Å²) in [5.74, 6) is 1.52. The Morgan fingerprint density at radius 3 is 2.74 bits per heavy atom. The van der Waals surface area contributed by atoms with Crippen molar-refractivity contribution in [2.24, 2.45) is 11.7 Å². The van der Waals surface area contributed by atoms with Gasteiger partial charge in [-0.05, 0) is 50.6 Å². The average molecular weight is 263 g/mol. The highest BCUT2D eigenvalue weighted by atomic mass is 16.5. The zero-order valence-corrected chi connectivity index (χ0v) is 12.1. The Hall–Kier alpha value is -1.00. The lowest BCUT2D eigenvalue weighted by atomic mass is 9.78. The molecule has 1 saturated carbocycles. The molecule has 19 heavy (non-hydrogen) atoms. The van der Waals surface area contributed by atoms with Gasteiger partial charge in [-0.15, -0.1) is 0 Å². The molecule has 0 bridgehead atoms. The summed E-state index contributed by atoms with van der Waals surface area (Å²) >= 11 is 0. The first-order valence-electron chi connectivity index (χ1n) is 7.35. The van der Waals surface area contributed by atoms with Crippen LogP contribution in [0.1, 0.15) is 50.9 Å². The summed E-state index contributed by atoms with van der Waals surface area (Å²) in [6.07, 6.45) is 9.15. The van der Waals surface area contributed by atoms with Crippen LogP contribution in [0.15, 0.2) is 12.4 Å². The molecule has 0 aromatic carbocycles. The first-order chi connectivity index (χ1) is 9.20. The van der Waals surface area contributed by atoms with Crippen LogP contribution in [0, 0.1) is 5.92 Å². The average Bonchev–Trinajstić information content (AvgIpc) is 2.40. The third-order valence-electron chi connectivity index (χ3n) is 3.92. The van der Waals surface area contributed by atoms with Crippen LogP contribution in [-0.4, -0.2) is 23.1 Å². The Labute approximate surface area is 115 Å². The molecular formula is C15H25N3O. The topological polar surface area (TPSA) is 61.0 Å². The minimum Gasteiger partial charge on any atom is -0.367 e. The van der Waals surface area contributed by atoms with E-state index in [2.05, 4.69) is 16.9 Å². The summed E-state index contributed by atoms with van der Waals surface area (Å²) in [5.41, 5.74) is 6.38. The molecule has 1 aromatic heterocycles. The second kappa shape index (κ2) is 6.44. The number of hydrogen-bond acceptors (Lipinski definition) is 4. The van der Waals surface area contributed by atoms with Gasteiger partial charge in [0.05, 0.1) is 0 Å². The molecule has 0 aliphatic heterocycles. The molecule has 1 aliphatic carbocycles. The smallest absolute Gasteiger partial charge is 0.160 e. The monoisotopic (exact) mass is 263 g/mol. The van der Waals surface area contributed by atoms with E-state index in [9.17, 15) is 0 Å². The Morgan fingerprint density at radius 1 is 1.42 bits per heavy atom. The first kappa shape index (κ1) is 14.4. The van der Waals surface area contributed by atoms with E-state index in [-0.39, 0.29) is 5.60 Å². The fraction of sp³-hybridized carbons (Fsp3) is 0.733. The van der Waals surface area contributed by atoms with Crippen molar-refractivity contribution in [3.05, 3.63) is 23.8 Å². The van der Waals surface area contributed by atoms with E-state index in [0.29, 0.717) is 19.1 Å². The maximum absolute atomic E-state index is 6.08. The second-order valence-electron chi connectivity index (χ2n) is 5.58. The fourth-order valence-electron chi connectivity index (χ4n) is 3.06. The van der Waals surface area contributed by atoms with E-state index in [1.165, 1.54) is 12.8 Å². The van der Waals surface area contributed by atoms with E-state index < -0.39 is 0 Å². The molecular weight excluding hydrogens is 238 g/mol. The normalized spacial score (nSPS) is 27.4. The number of aromatic nitrogens is 2. The van der Waals surface area contributed by atoms with E-state index in [4.69, 9.17) is 10.5 Å². The molecule has 1 heterocycles. The van der Waals surface area contributed by atoms with E-state index in [0.717, 1.165) is 30.7 Å². The zero-order valence-electron chi connectivity index (χ0n) is 12.1. The van der Waals surface area contributed by atoms with Crippen LogP contribution in [0.4, 0.5) is 0 Å². The van der Waals surface area contributed by atoms with Gasteiger partial charge in [-0.3, -0.25) is 0 Å². The summed E-state index contributed by atoms with van der Waals surface area (Å²) in [6, 6.07) is 0. The number of nitrogens with two attached hydrogens (primary N) is 1. The molecule has 106 valence electrons. The lowest BCUT2D eigenvalue weighted by Gasteiger charge is -2.38. The van der Waals surface area contributed by atoms with Gasteiger partial charge in [0.1, 0.15) is 5.60 Å². The number of rotatable bonds is 5.